The van der Waals surface area contributed by atoms with Crippen LogP contribution in [-0.2, 0) is 24.5 Å². The van der Waals surface area contributed by atoms with E-state index >= 15 is 0 Å². The Morgan fingerprint density at radius 3 is 2.85 bits per heavy atom. The molecule has 0 aliphatic rings. The van der Waals surface area contributed by atoms with E-state index in [4.69, 9.17) is 9.15 Å². The van der Waals surface area contributed by atoms with E-state index in [1.165, 1.54) is 10.4 Å². The number of fused-ring (bicyclic) bond motifs is 1. The molecule has 3 rings (SSSR count). The summed E-state index contributed by atoms with van der Waals surface area (Å²) in [6, 6.07) is 12.2. The fourth-order valence-corrected chi connectivity index (χ4v) is 2.92. The molecule has 2 aromatic heterocycles. The van der Waals surface area contributed by atoms with Gasteiger partial charge in [0.15, 0.2) is 0 Å². The summed E-state index contributed by atoms with van der Waals surface area (Å²) in [4.78, 5) is 1.23. The normalized spacial score (nSPS) is 11.2. The van der Waals surface area contributed by atoms with Gasteiger partial charge in [-0.1, -0.05) is 24.3 Å². The van der Waals surface area contributed by atoms with Crippen molar-refractivity contribution >= 4 is 22.3 Å². The van der Waals surface area contributed by atoms with Gasteiger partial charge in [0.05, 0.1) is 6.61 Å². The maximum atomic E-state index is 5.91. The molecule has 0 fully saturated rings. The summed E-state index contributed by atoms with van der Waals surface area (Å²) in [6.07, 6.45) is 0. The second-order valence-corrected chi connectivity index (χ2v) is 5.63. The first kappa shape index (κ1) is 13.4. The minimum atomic E-state index is 0.504. The summed E-state index contributed by atoms with van der Waals surface area (Å²) < 4.78 is 11.7. The van der Waals surface area contributed by atoms with Crippen LogP contribution in [0.25, 0.3) is 11.0 Å². The van der Waals surface area contributed by atoms with E-state index in [1.807, 2.05) is 31.3 Å². The molecule has 0 aliphatic heterocycles. The topological polar surface area (TPSA) is 34.4 Å². The molecule has 3 nitrogen and oxygen atoms in total. The highest BCUT2D eigenvalue weighted by atomic mass is 32.1. The summed E-state index contributed by atoms with van der Waals surface area (Å²) >= 11 is 1.71. The second-order valence-electron chi connectivity index (χ2n) is 4.60. The predicted molar refractivity (Wildman–Crippen MR) is 81.8 cm³/mol. The molecule has 2 heterocycles. The van der Waals surface area contributed by atoms with Crippen LogP contribution in [0.15, 0.2) is 46.2 Å². The van der Waals surface area contributed by atoms with Gasteiger partial charge >= 0.3 is 0 Å². The average molecular weight is 287 g/mol. The third-order valence-electron chi connectivity index (χ3n) is 3.19. The van der Waals surface area contributed by atoms with E-state index in [-0.39, 0.29) is 0 Å². The molecule has 1 aromatic carbocycles. The molecule has 0 aliphatic carbocycles. The van der Waals surface area contributed by atoms with Gasteiger partial charge in [0.2, 0.25) is 0 Å². The zero-order valence-electron chi connectivity index (χ0n) is 11.4. The summed E-state index contributed by atoms with van der Waals surface area (Å²) in [5.74, 6) is 0.914. The van der Waals surface area contributed by atoms with Gasteiger partial charge in [-0.25, -0.2) is 0 Å². The van der Waals surface area contributed by atoms with Crippen LogP contribution in [0.1, 0.15) is 16.2 Å². The van der Waals surface area contributed by atoms with Crippen molar-refractivity contribution in [3.8, 4) is 0 Å². The average Bonchev–Trinajstić information content (AvgIpc) is 3.08. The van der Waals surface area contributed by atoms with Crippen molar-refractivity contribution in [2.75, 3.05) is 7.05 Å². The van der Waals surface area contributed by atoms with Crippen LogP contribution in [-0.4, -0.2) is 7.05 Å². The Morgan fingerprint density at radius 1 is 1.15 bits per heavy atom. The molecule has 0 saturated carbocycles. The largest absolute Gasteiger partial charge is 0.458 e. The molecule has 0 amide bonds. The SMILES string of the molecule is CNCc1c(COCc2cccs2)oc2ccccc12. The summed E-state index contributed by atoms with van der Waals surface area (Å²) in [5, 5.41) is 6.42. The maximum Gasteiger partial charge on any atom is 0.135 e. The van der Waals surface area contributed by atoms with Gasteiger partial charge in [-0.05, 0) is 24.6 Å². The number of rotatable bonds is 6. The number of nitrogens with one attached hydrogen (secondary N) is 1. The van der Waals surface area contributed by atoms with E-state index in [1.54, 1.807) is 11.3 Å². The fourth-order valence-electron chi connectivity index (χ4n) is 2.28. The lowest BCUT2D eigenvalue weighted by atomic mass is 10.1. The molecule has 3 aromatic rings. The van der Waals surface area contributed by atoms with Crippen LogP contribution in [0.4, 0.5) is 0 Å². The van der Waals surface area contributed by atoms with E-state index in [2.05, 4.69) is 22.8 Å². The number of thiophene rings is 1. The van der Waals surface area contributed by atoms with Crippen LogP contribution in [0, 0.1) is 0 Å². The zero-order valence-corrected chi connectivity index (χ0v) is 12.2. The quantitative estimate of drug-likeness (QED) is 0.746. The van der Waals surface area contributed by atoms with E-state index < -0.39 is 0 Å². The first-order valence-electron chi connectivity index (χ1n) is 6.62. The Bertz CT molecular complexity index is 673. The maximum absolute atomic E-state index is 5.91. The number of hydrogen-bond acceptors (Lipinski definition) is 4. The molecule has 0 atom stereocenters. The summed E-state index contributed by atoms with van der Waals surface area (Å²) in [7, 11) is 1.94. The van der Waals surface area contributed by atoms with E-state index in [0.717, 1.165) is 23.3 Å². The van der Waals surface area contributed by atoms with Crippen molar-refractivity contribution in [1.82, 2.24) is 5.32 Å². The molecular weight excluding hydrogens is 270 g/mol. The Morgan fingerprint density at radius 2 is 2.05 bits per heavy atom. The van der Waals surface area contributed by atoms with Crippen molar-refractivity contribution in [1.29, 1.82) is 0 Å². The molecule has 20 heavy (non-hydrogen) atoms. The monoisotopic (exact) mass is 287 g/mol. The number of benzene rings is 1. The lowest BCUT2D eigenvalue weighted by Crippen LogP contribution is -2.07. The molecule has 0 radical (unpaired) electrons. The third-order valence-corrected chi connectivity index (χ3v) is 4.04. The van der Waals surface area contributed by atoms with Crippen molar-refractivity contribution in [3.63, 3.8) is 0 Å². The van der Waals surface area contributed by atoms with E-state index in [0.29, 0.717) is 13.2 Å². The standard InChI is InChI=1S/C16H17NO2S/c1-17-9-14-13-6-2-3-7-15(13)19-16(14)11-18-10-12-5-4-8-20-12/h2-8,17H,9-11H2,1H3. The summed E-state index contributed by atoms with van der Waals surface area (Å²) in [6.45, 7) is 1.92. The molecule has 0 spiro atoms. The van der Waals surface area contributed by atoms with Gasteiger partial charge in [0.1, 0.15) is 18.0 Å². The molecule has 4 heteroatoms. The van der Waals surface area contributed by atoms with Crippen molar-refractivity contribution in [3.05, 3.63) is 58.0 Å². The highest BCUT2D eigenvalue weighted by Gasteiger charge is 2.13. The molecule has 0 saturated heterocycles. The van der Waals surface area contributed by atoms with Gasteiger partial charge < -0.3 is 14.5 Å². The van der Waals surface area contributed by atoms with Crippen LogP contribution < -0.4 is 5.32 Å². The lowest BCUT2D eigenvalue weighted by molar-refractivity contribution is 0.0952. The first-order valence-corrected chi connectivity index (χ1v) is 7.50. The van der Waals surface area contributed by atoms with Crippen LogP contribution in [0.5, 0.6) is 0 Å². The van der Waals surface area contributed by atoms with Gasteiger partial charge in [-0.2, -0.15) is 0 Å². The second kappa shape index (κ2) is 6.22. The minimum absolute atomic E-state index is 0.504. The highest BCUT2D eigenvalue weighted by molar-refractivity contribution is 7.09. The predicted octanol–water partition coefficient (Wildman–Crippen LogP) is 3.93. The van der Waals surface area contributed by atoms with Gasteiger partial charge in [-0.3, -0.25) is 0 Å². The Kier molecular flexibility index (Phi) is 4.16. The third kappa shape index (κ3) is 2.77. The van der Waals surface area contributed by atoms with Crippen molar-refractivity contribution in [2.24, 2.45) is 0 Å². The highest BCUT2D eigenvalue weighted by Crippen LogP contribution is 2.26. The zero-order chi connectivity index (χ0) is 13.8. The van der Waals surface area contributed by atoms with Gasteiger partial charge in [0.25, 0.3) is 0 Å². The number of ether oxygens (including phenoxy) is 1. The molecule has 1 N–H and O–H groups in total. The number of furan rings is 1. The smallest absolute Gasteiger partial charge is 0.135 e. The Balaban J connectivity index is 1.77. The Labute approximate surface area is 122 Å². The van der Waals surface area contributed by atoms with Gasteiger partial charge in [-0.15, -0.1) is 11.3 Å². The first-order chi connectivity index (χ1) is 9.88. The van der Waals surface area contributed by atoms with Crippen LogP contribution in [0.3, 0.4) is 0 Å². The number of para-hydroxylation sites is 1. The minimum Gasteiger partial charge on any atom is -0.458 e. The Hall–Kier alpha value is -1.62. The molecule has 0 bridgehead atoms. The van der Waals surface area contributed by atoms with Gasteiger partial charge in [0, 0.05) is 22.4 Å². The molecule has 0 unspecified atom stereocenters. The number of hydrogen-bond donors (Lipinski definition) is 1. The summed E-state index contributed by atoms with van der Waals surface area (Å²) in [5.41, 5.74) is 2.11. The fraction of sp³-hybridized carbons (Fsp3) is 0.250. The van der Waals surface area contributed by atoms with Crippen LogP contribution in [0.2, 0.25) is 0 Å². The van der Waals surface area contributed by atoms with Crippen molar-refractivity contribution < 1.29 is 9.15 Å². The van der Waals surface area contributed by atoms with E-state index in [9.17, 15) is 0 Å². The van der Waals surface area contributed by atoms with Crippen molar-refractivity contribution in [2.45, 2.75) is 19.8 Å². The molecular formula is C16H17NO2S. The lowest BCUT2D eigenvalue weighted by Gasteiger charge is -2.03. The van der Waals surface area contributed by atoms with Crippen LogP contribution >= 0.6 is 11.3 Å². The molecule has 104 valence electrons.